The Hall–Kier alpha value is -3.04. The molecule has 0 bridgehead atoms. The molecular formula is C25H25ClF2N4O3. The second-order valence-corrected chi connectivity index (χ2v) is 9.46. The third-order valence-electron chi connectivity index (χ3n) is 6.55. The highest BCUT2D eigenvalue weighted by atomic mass is 35.5. The SMILES string of the molecule is CC(=O)N1CCO[C@@H](Cn2c(-c3c(F)cc(N4CCCC4=O)cc3Cl)nc3cc(C)cc(F)c32)C1. The van der Waals surface area contributed by atoms with E-state index in [2.05, 4.69) is 4.98 Å². The molecule has 10 heteroatoms. The van der Waals surface area contributed by atoms with E-state index in [1.807, 2.05) is 0 Å². The number of rotatable bonds is 4. The summed E-state index contributed by atoms with van der Waals surface area (Å²) in [5, 5.41) is 0.0725. The van der Waals surface area contributed by atoms with Gasteiger partial charge in [-0.25, -0.2) is 13.8 Å². The zero-order valence-corrected chi connectivity index (χ0v) is 20.2. The molecule has 2 saturated heterocycles. The number of aryl methyl sites for hydroxylation is 1. The number of morpholine rings is 1. The van der Waals surface area contributed by atoms with Crippen molar-refractivity contribution >= 4 is 40.1 Å². The molecule has 35 heavy (non-hydrogen) atoms. The normalized spacial score (nSPS) is 18.7. The number of carbonyl (C=O) groups excluding carboxylic acids is 2. The minimum Gasteiger partial charge on any atom is -0.373 e. The van der Waals surface area contributed by atoms with Gasteiger partial charge in [0.2, 0.25) is 11.8 Å². The molecule has 2 amide bonds. The van der Waals surface area contributed by atoms with Crippen molar-refractivity contribution in [2.24, 2.45) is 0 Å². The van der Waals surface area contributed by atoms with Gasteiger partial charge in [0.25, 0.3) is 0 Å². The van der Waals surface area contributed by atoms with Crippen LogP contribution in [0.3, 0.4) is 0 Å². The van der Waals surface area contributed by atoms with E-state index >= 15 is 8.78 Å². The number of hydrogen-bond acceptors (Lipinski definition) is 4. The number of hydrogen-bond donors (Lipinski definition) is 0. The Labute approximate surface area is 206 Å². The van der Waals surface area contributed by atoms with E-state index in [1.165, 1.54) is 24.0 Å². The third-order valence-corrected chi connectivity index (χ3v) is 6.84. The summed E-state index contributed by atoms with van der Waals surface area (Å²) in [5.74, 6) is -1.14. The lowest BCUT2D eigenvalue weighted by atomic mass is 10.1. The Morgan fingerprint density at radius 2 is 2.00 bits per heavy atom. The maximum absolute atomic E-state index is 15.6. The first kappa shape index (κ1) is 23.7. The van der Waals surface area contributed by atoms with Gasteiger partial charge in [0, 0.05) is 38.7 Å². The summed E-state index contributed by atoms with van der Waals surface area (Å²) in [6, 6.07) is 5.94. The molecule has 0 aliphatic carbocycles. The molecule has 3 aromatic rings. The summed E-state index contributed by atoms with van der Waals surface area (Å²) < 4.78 is 38.2. The van der Waals surface area contributed by atoms with E-state index in [-0.39, 0.29) is 40.3 Å². The van der Waals surface area contributed by atoms with Crippen LogP contribution in [0, 0.1) is 18.6 Å². The molecule has 1 atom stereocenters. The summed E-state index contributed by atoms with van der Waals surface area (Å²) in [6.07, 6.45) is 0.675. The van der Waals surface area contributed by atoms with Crippen LogP contribution >= 0.6 is 11.6 Å². The number of benzene rings is 2. The molecule has 2 aliphatic heterocycles. The monoisotopic (exact) mass is 502 g/mol. The quantitative estimate of drug-likeness (QED) is 0.533. The highest BCUT2D eigenvalue weighted by Crippen LogP contribution is 2.37. The van der Waals surface area contributed by atoms with Crippen LogP contribution in [-0.4, -0.2) is 58.6 Å². The Bertz CT molecular complexity index is 1320. The summed E-state index contributed by atoms with van der Waals surface area (Å²) in [6.45, 7) is 5.06. The van der Waals surface area contributed by atoms with E-state index in [4.69, 9.17) is 16.3 Å². The summed E-state index contributed by atoms with van der Waals surface area (Å²) in [4.78, 5) is 31.8. The molecule has 1 aromatic heterocycles. The maximum atomic E-state index is 15.6. The van der Waals surface area contributed by atoms with Crippen molar-refractivity contribution < 1.29 is 23.1 Å². The van der Waals surface area contributed by atoms with E-state index in [0.717, 1.165) is 0 Å². The molecule has 2 fully saturated rings. The molecule has 184 valence electrons. The van der Waals surface area contributed by atoms with Gasteiger partial charge in [-0.3, -0.25) is 9.59 Å². The molecule has 3 heterocycles. The van der Waals surface area contributed by atoms with Crippen LogP contribution in [0.5, 0.6) is 0 Å². The largest absolute Gasteiger partial charge is 0.373 e. The number of ether oxygens (including phenoxy) is 1. The summed E-state index contributed by atoms with van der Waals surface area (Å²) in [7, 11) is 0. The van der Waals surface area contributed by atoms with E-state index in [9.17, 15) is 9.59 Å². The van der Waals surface area contributed by atoms with E-state index < -0.39 is 17.7 Å². The van der Waals surface area contributed by atoms with E-state index in [1.54, 1.807) is 28.5 Å². The number of nitrogens with zero attached hydrogens (tertiary/aromatic N) is 4. The molecule has 2 aromatic carbocycles. The molecule has 0 N–H and O–H groups in total. The fraction of sp³-hybridized carbons (Fsp3) is 0.400. The predicted molar refractivity (Wildman–Crippen MR) is 128 cm³/mol. The van der Waals surface area contributed by atoms with Crippen LogP contribution < -0.4 is 4.90 Å². The fourth-order valence-corrected chi connectivity index (χ4v) is 5.17. The maximum Gasteiger partial charge on any atom is 0.227 e. The molecule has 0 radical (unpaired) electrons. The Balaban J connectivity index is 1.62. The zero-order valence-electron chi connectivity index (χ0n) is 19.5. The molecule has 2 aliphatic rings. The van der Waals surface area contributed by atoms with Crippen LogP contribution in [0.25, 0.3) is 22.4 Å². The first-order valence-corrected chi connectivity index (χ1v) is 11.9. The van der Waals surface area contributed by atoms with Crippen LogP contribution in [-0.2, 0) is 20.9 Å². The first-order valence-electron chi connectivity index (χ1n) is 11.6. The summed E-state index contributed by atoms with van der Waals surface area (Å²) in [5.41, 5.74) is 1.66. The van der Waals surface area contributed by atoms with E-state index in [0.29, 0.717) is 55.9 Å². The van der Waals surface area contributed by atoms with Gasteiger partial charge in [0.1, 0.15) is 23.0 Å². The van der Waals surface area contributed by atoms with Crippen molar-refractivity contribution in [2.75, 3.05) is 31.1 Å². The van der Waals surface area contributed by atoms with Crippen LogP contribution in [0.4, 0.5) is 14.5 Å². The molecule has 0 spiro atoms. The third kappa shape index (κ3) is 4.38. The Morgan fingerprint density at radius 3 is 2.69 bits per heavy atom. The van der Waals surface area contributed by atoms with Gasteiger partial charge in [-0.05, 0) is 43.2 Å². The fourth-order valence-electron chi connectivity index (χ4n) is 4.89. The standard InChI is InChI=1S/C25H25ClF2N4O3/c1-14-8-20(28)24-21(9-14)29-25(32(24)13-17-12-30(15(2)33)6-7-35-17)23-18(26)10-16(11-19(23)27)31-5-3-4-22(31)34/h8-11,17H,3-7,12-13H2,1-2H3/t17-/m1/s1. The number of imidazole rings is 1. The second kappa shape index (κ2) is 9.20. The number of halogens is 3. The highest BCUT2D eigenvalue weighted by Gasteiger charge is 2.29. The summed E-state index contributed by atoms with van der Waals surface area (Å²) >= 11 is 6.56. The van der Waals surface area contributed by atoms with Gasteiger partial charge in [-0.15, -0.1) is 0 Å². The predicted octanol–water partition coefficient (Wildman–Crippen LogP) is 4.32. The van der Waals surface area contributed by atoms with Crippen molar-refractivity contribution in [1.82, 2.24) is 14.5 Å². The lowest BCUT2D eigenvalue weighted by molar-refractivity contribution is -0.136. The van der Waals surface area contributed by atoms with Crippen molar-refractivity contribution in [3.63, 3.8) is 0 Å². The van der Waals surface area contributed by atoms with Crippen LogP contribution in [0.2, 0.25) is 5.02 Å². The molecular weight excluding hydrogens is 478 g/mol. The highest BCUT2D eigenvalue weighted by molar-refractivity contribution is 6.33. The van der Waals surface area contributed by atoms with Crippen molar-refractivity contribution in [2.45, 2.75) is 39.3 Å². The minimum atomic E-state index is -0.657. The van der Waals surface area contributed by atoms with Crippen molar-refractivity contribution in [3.05, 3.63) is 46.5 Å². The molecule has 5 rings (SSSR count). The number of carbonyl (C=O) groups is 2. The van der Waals surface area contributed by atoms with Gasteiger partial charge >= 0.3 is 0 Å². The van der Waals surface area contributed by atoms with Crippen molar-refractivity contribution in [1.29, 1.82) is 0 Å². The van der Waals surface area contributed by atoms with Gasteiger partial charge in [0.05, 0.1) is 35.4 Å². The number of fused-ring (bicyclic) bond motifs is 1. The Morgan fingerprint density at radius 1 is 1.20 bits per heavy atom. The van der Waals surface area contributed by atoms with Crippen LogP contribution in [0.1, 0.15) is 25.3 Å². The molecule has 0 saturated carbocycles. The van der Waals surface area contributed by atoms with Gasteiger partial charge in [-0.2, -0.15) is 0 Å². The average Bonchev–Trinajstić information content (AvgIpc) is 3.37. The second-order valence-electron chi connectivity index (χ2n) is 9.05. The van der Waals surface area contributed by atoms with Crippen molar-refractivity contribution in [3.8, 4) is 11.4 Å². The zero-order chi connectivity index (χ0) is 24.9. The topological polar surface area (TPSA) is 67.7 Å². The first-order chi connectivity index (χ1) is 16.7. The van der Waals surface area contributed by atoms with Gasteiger partial charge in [-0.1, -0.05) is 11.6 Å². The number of aromatic nitrogens is 2. The molecule has 0 unspecified atom stereocenters. The smallest absolute Gasteiger partial charge is 0.227 e. The number of anilines is 1. The lowest BCUT2D eigenvalue weighted by Gasteiger charge is -2.32. The Kier molecular flexibility index (Phi) is 6.23. The van der Waals surface area contributed by atoms with Crippen LogP contribution in [0.15, 0.2) is 24.3 Å². The minimum absolute atomic E-state index is 0.0227. The average molecular weight is 503 g/mol. The van der Waals surface area contributed by atoms with Gasteiger partial charge < -0.3 is 19.1 Å². The number of amides is 2. The molecule has 7 nitrogen and oxygen atoms in total. The van der Waals surface area contributed by atoms with Gasteiger partial charge in [0.15, 0.2) is 0 Å². The lowest BCUT2D eigenvalue weighted by Crippen LogP contribution is -2.46.